The third kappa shape index (κ3) is 9.83. The fourth-order valence-corrected chi connectivity index (χ4v) is 10.4. The highest BCUT2D eigenvalue weighted by Gasteiger charge is 2.19. The maximum atomic E-state index is 5.11. The van der Waals surface area contributed by atoms with Crippen LogP contribution >= 0.6 is 15.9 Å². The average Bonchev–Trinajstić information content (AvgIpc) is 4.04. The Kier molecular flexibility index (Phi) is 13.3. The van der Waals surface area contributed by atoms with Gasteiger partial charge >= 0.3 is 0 Å². The summed E-state index contributed by atoms with van der Waals surface area (Å²) < 4.78 is 3.32. The summed E-state index contributed by atoms with van der Waals surface area (Å²) in [7, 11) is 0. The van der Waals surface area contributed by atoms with Gasteiger partial charge in [0.15, 0.2) is 11.6 Å². The largest absolute Gasteiger partial charge is 0.309 e. The smallest absolute Gasteiger partial charge is 0.162 e. The van der Waals surface area contributed by atoms with Gasteiger partial charge in [-0.2, -0.15) is 0 Å². The molecule has 1 aliphatic rings. The van der Waals surface area contributed by atoms with Crippen molar-refractivity contribution in [1.82, 2.24) is 24.5 Å². The van der Waals surface area contributed by atoms with Crippen LogP contribution in [0.5, 0.6) is 0 Å². The van der Waals surface area contributed by atoms with Crippen LogP contribution in [0.1, 0.15) is 11.1 Å². The van der Waals surface area contributed by atoms with Crippen LogP contribution in [0.4, 0.5) is 0 Å². The van der Waals surface area contributed by atoms with E-state index in [-0.39, 0.29) is 0 Å². The Morgan fingerprint density at radius 2 is 0.613 bits per heavy atom. The number of fused-ring (bicyclic) bond motifs is 6. The molecule has 3 heterocycles. The molecule has 0 saturated carbocycles. The molecule has 0 amide bonds. The minimum atomic E-state index is 0.706. The van der Waals surface area contributed by atoms with Gasteiger partial charge in [-0.3, -0.25) is 0 Å². The first-order chi connectivity index (χ1) is 37.1. The van der Waals surface area contributed by atoms with Gasteiger partial charge in [0.1, 0.15) is 0 Å². The monoisotopic (exact) mass is 1030 g/mol. The van der Waals surface area contributed by atoms with Crippen LogP contribution in [0.25, 0.3) is 106 Å². The Morgan fingerprint density at radius 3 is 1.04 bits per heavy atom. The summed E-state index contributed by atoms with van der Waals surface area (Å²) in [5.41, 5.74) is 19.1. The quantitative estimate of drug-likeness (QED) is 0.160. The van der Waals surface area contributed by atoms with Crippen molar-refractivity contribution in [3.05, 3.63) is 295 Å². The van der Waals surface area contributed by atoms with E-state index in [1.54, 1.807) is 0 Å². The molecule has 10 aromatic carbocycles. The molecule has 0 N–H and O–H groups in total. The average molecular weight is 1030 g/mol. The van der Waals surface area contributed by atoms with Crippen molar-refractivity contribution in [3.63, 3.8) is 0 Å². The second-order valence-corrected chi connectivity index (χ2v) is 19.1. The molecule has 0 bridgehead atoms. The Bertz CT molecular complexity index is 3890. The molecule has 0 radical (unpaired) electrons. The predicted octanol–water partition coefficient (Wildman–Crippen LogP) is 18.1. The van der Waals surface area contributed by atoms with Crippen LogP contribution in [0.3, 0.4) is 0 Å². The van der Waals surface area contributed by atoms with Crippen molar-refractivity contribution in [3.8, 4) is 84.6 Å². The maximum absolute atomic E-state index is 5.11. The van der Waals surface area contributed by atoms with Crippen LogP contribution in [0.15, 0.2) is 284 Å². The van der Waals surface area contributed by atoms with E-state index in [1.165, 1.54) is 44.1 Å². The van der Waals surface area contributed by atoms with Gasteiger partial charge in [0, 0.05) is 48.6 Å². The molecule has 14 rings (SSSR count). The number of halogens is 1. The summed E-state index contributed by atoms with van der Waals surface area (Å²) in [5.74, 6) is 1.42. The van der Waals surface area contributed by atoms with Gasteiger partial charge < -0.3 is 4.57 Å². The van der Waals surface area contributed by atoms with Gasteiger partial charge in [-0.25, -0.2) is 19.9 Å². The maximum Gasteiger partial charge on any atom is 0.162 e. The molecule has 13 aromatic rings. The number of hydrogen-bond acceptors (Lipinski definition) is 4. The molecule has 0 fully saturated rings. The highest BCUT2D eigenvalue weighted by molar-refractivity contribution is 9.10. The lowest BCUT2D eigenvalue weighted by molar-refractivity contribution is 1.14. The number of nitrogens with zero attached hydrogens (tertiary/aromatic N) is 5. The van der Waals surface area contributed by atoms with Gasteiger partial charge in [-0.05, 0) is 71.1 Å². The normalized spacial score (nSPS) is 11.2. The molecule has 0 saturated heterocycles. The first kappa shape index (κ1) is 46.7. The molecule has 0 aliphatic heterocycles. The summed E-state index contributed by atoms with van der Waals surface area (Å²) in [6.07, 6.45) is 1.10. The Labute approximate surface area is 445 Å². The molecule has 3 aromatic heterocycles. The number of benzene rings is 10. The lowest BCUT2D eigenvalue weighted by Crippen LogP contribution is -2.01. The molecular formula is C69H48BrN5. The van der Waals surface area contributed by atoms with Crippen molar-refractivity contribution in [1.29, 1.82) is 0 Å². The van der Waals surface area contributed by atoms with Crippen molar-refractivity contribution in [2.75, 3.05) is 0 Å². The van der Waals surface area contributed by atoms with E-state index in [4.69, 9.17) is 19.9 Å². The van der Waals surface area contributed by atoms with E-state index in [0.717, 1.165) is 72.7 Å². The van der Waals surface area contributed by atoms with Crippen molar-refractivity contribution in [2.24, 2.45) is 0 Å². The Hall–Kier alpha value is -9.36. The van der Waals surface area contributed by atoms with E-state index in [9.17, 15) is 0 Å². The standard InChI is InChI=1S/C34H23N3.C22H15BrN2.C13H10/c1-3-13-24(14-4-1)29-23-30(25-15-5-2-6-16-25)36-34(35-29)28-19-9-12-22-33(28)37-31-20-10-7-17-26(31)27-18-8-11-21-32(27)37;23-19-14-8-7-13-18(19)22-24-20(16-9-3-1-4-10-16)15-21(25-22)17-11-5-2-6-12-17;1-3-7-12-10(5-1)9-11-6-2-4-8-13(11)12/h1-23H;1-15H;1-8H,9H2. The minimum absolute atomic E-state index is 0.706. The SMILES string of the molecule is Brc1ccccc1-c1nc(-c2ccccc2)cc(-c2ccccc2)n1.c1ccc(-c2cc(-c3ccccc3)nc(-c3ccccc3-n3c4ccccc4c4ccccc43)n2)cc1.c1ccc2c(c1)Cc1ccccc1-2. The fourth-order valence-electron chi connectivity index (χ4n) is 9.92. The topological polar surface area (TPSA) is 56.5 Å². The fraction of sp³-hybridized carbons (Fsp3) is 0.0145. The summed E-state index contributed by atoms with van der Waals surface area (Å²) in [5, 5.41) is 2.47. The summed E-state index contributed by atoms with van der Waals surface area (Å²) in [6.45, 7) is 0. The minimum Gasteiger partial charge on any atom is -0.309 e. The number of para-hydroxylation sites is 3. The molecule has 5 nitrogen and oxygen atoms in total. The third-order valence-corrected chi connectivity index (χ3v) is 14.2. The Morgan fingerprint density at radius 1 is 0.293 bits per heavy atom. The summed E-state index contributed by atoms with van der Waals surface area (Å²) in [4.78, 5) is 19.8. The number of aromatic nitrogens is 5. The number of hydrogen-bond donors (Lipinski definition) is 0. The number of rotatable bonds is 7. The lowest BCUT2D eigenvalue weighted by Gasteiger charge is -2.15. The summed E-state index contributed by atoms with van der Waals surface area (Å²) in [6, 6.07) is 96.1. The molecule has 0 unspecified atom stereocenters. The van der Waals surface area contributed by atoms with E-state index in [1.807, 2.05) is 103 Å². The zero-order valence-electron chi connectivity index (χ0n) is 40.9. The molecular weight excluding hydrogens is 979 g/mol. The molecule has 6 heteroatoms. The van der Waals surface area contributed by atoms with Crippen LogP contribution in [-0.2, 0) is 6.42 Å². The Balaban J connectivity index is 0.000000128. The van der Waals surface area contributed by atoms with Crippen molar-refractivity contribution in [2.45, 2.75) is 6.42 Å². The summed E-state index contributed by atoms with van der Waals surface area (Å²) >= 11 is 3.61. The molecule has 0 atom stereocenters. The lowest BCUT2D eigenvalue weighted by atomic mass is 10.1. The van der Waals surface area contributed by atoms with Gasteiger partial charge in [0.05, 0.1) is 39.5 Å². The van der Waals surface area contributed by atoms with E-state index >= 15 is 0 Å². The van der Waals surface area contributed by atoms with Crippen LogP contribution in [0, 0.1) is 0 Å². The second-order valence-electron chi connectivity index (χ2n) is 18.2. The predicted molar refractivity (Wildman–Crippen MR) is 313 cm³/mol. The van der Waals surface area contributed by atoms with Crippen LogP contribution in [-0.4, -0.2) is 24.5 Å². The molecule has 356 valence electrons. The second kappa shape index (κ2) is 21.4. The molecule has 1 aliphatic carbocycles. The van der Waals surface area contributed by atoms with Gasteiger partial charge in [0.25, 0.3) is 0 Å². The first-order valence-electron chi connectivity index (χ1n) is 25.1. The highest BCUT2D eigenvalue weighted by Crippen LogP contribution is 2.38. The van der Waals surface area contributed by atoms with Gasteiger partial charge in [0.2, 0.25) is 0 Å². The van der Waals surface area contributed by atoms with Crippen LogP contribution < -0.4 is 0 Å². The van der Waals surface area contributed by atoms with Crippen molar-refractivity contribution < 1.29 is 0 Å². The van der Waals surface area contributed by atoms with Crippen molar-refractivity contribution >= 4 is 37.7 Å². The van der Waals surface area contributed by atoms with Crippen LogP contribution in [0.2, 0.25) is 0 Å². The zero-order chi connectivity index (χ0) is 50.3. The zero-order valence-corrected chi connectivity index (χ0v) is 42.5. The third-order valence-electron chi connectivity index (χ3n) is 13.5. The van der Waals surface area contributed by atoms with E-state index < -0.39 is 0 Å². The van der Waals surface area contributed by atoms with E-state index in [2.05, 4.69) is 196 Å². The first-order valence-corrected chi connectivity index (χ1v) is 25.9. The molecule has 75 heavy (non-hydrogen) atoms. The highest BCUT2D eigenvalue weighted by atomic mass is 79.9. The van der Waals surface area contributed by atoms with Gasteiger partial charge in [-0.15, -0.1) is 0 Å². The molecule has 0 spiro atoms. The van der Waals surface area contributed by atoms with E-state index in [0.29, 0.717) is 11.6 Å². The van der Waals surface area contributed by atoms with Gasteiger partial charge in [-0.1, -0.05) is 253 Å².